The van der Waals surface area contributed by atoms with Gasteiger partial charge in [-0.25, -0.2) is 18.9 Å². The molecule has 10 nitrogen and oxygen atoms in total. The maximum atomic E-state index is 13.4. The van der Waals surface area contributed by atoms with Crippen LogP contribution in [0.15, 0.2) is 23.1 Å². The molecule has 1 saturated carbocycles. The van der Waals surface area contributed by atoms with Gasteiger partial charge in [-0.1, -0.05) is 12.8 Å². The van der Waals surface area contributed by atoms with E-state index in [1.807, 2.05) is 13.0 Å². The number of sulfonamides is 1. The van der Waals surface area contributed by atoms with Gasteiger partial charge in [-0.3, -0.25) is 4.79 Å². The van der Waals surface area contributed by atoms with E-state index in [0.29, 0.717) is 44.0 Å². The minimum absolute atomic E-state index is 0.00965. The lowest BCUT2D eigenvalue weighted by molar-refractivity contribution is -0.128. The summed E-state index contributed by atoms with van der Waals surface area (Å²) in [5, 5.41) is 18.5. The summed E-state index contributed by atoms with van der Waals surface area (Å²) in [4.78, 5) is 13.4. The zero-order valence-electron chi connectivity index (χ0n) is 21.3. The van der Waals surface area contributed by atoms with Crippen LogP contribution in [0.25, 0.3) is 0 Å². The number of carbonyl (C=O) groups is 1. The van der Waals surface area contributed by atoms with E-state index in [1.54, 1.807) is 16.4 Å². The molecule has 4 aliphatic heterocycles. The topological polar surface area (TPSA) is 127 Å². The molecule has 0 aromatic heterocycles. The monoisotopic (exact) mass is 528 g/mol. The molecule has 200 valence electrons. The van der Waals surface area contributed by atoms with Crippen molar-refractivity contribution in [2.45, 2.75) is 87.1 Å². The van der Waals surface area contributed by atoms with E-state index in [2.05, 4.69) is 27.1 Å². The SMILES string of the molecule is CC1(N2Cc3cc(NC4NN([C@H]5CCCC[C@@H]5C#N)C5CCNC(=O)C45)ccc3S2(=O)=O)CCOCC1. The average molecular weight is 529 g/mol. The van der Waals surface area contributed by atoms with Crippen molar-refractivity contribution in [1.29, 1.82) is 5.26 Å². The van der Waals surface area contributed by atoms with Crippen molar-refractivity contribution < 1.29 is 17.9 Å². The van der Waals surface area contributed by atoms with E-state index in [0.717, 1.165) is 43.4 Å². The van der Waals surface area contributed by atoms with Crippen LogP contribution in [0, 0.1) is 23.2 Å². The third-order valence-electron chi connectivity index (χ3n) is 9.15. The molecule has 1 aromatic carbocycles. The second-order valence-corrected chi connectivity index (χ2v) is 13.2. The lowest BCUT2D eigenvalue weighted by Gasteiger charge is -2.40. The highest BCUT2D eigenvalue weighted by Crippen LogP contribution is 2.42. The van der Waals surface area contributed by atoms with Gasteiger partial charge in [-0.2, -0.15) is 9.57 Å². The minimum atomic E-state index is -3.58. The Morgan fingerprint density at radius 1 is 1.16 bits per heavy atom. The Bertz CT molecular complexity index is 1210. The van der Waals surface area contributed by atoms with Crippen molar-refractivity contribution in [2.24, 2.45) is 11.8 Å². The molecule has 1 aromatic rings. The molecule has 4 fully saturated rings. The minimum Gasteiger partial charge on any atom is -0.381 e. The quantitative estimate of drug-likeness (QED) is 0.541. The van der Waals surface area contributed by atoms with Gasteiger partial charge in [0.25, 0.3) is 0 Å². The first-order valence-electron chi connectivity index (χ1n) is 13.5. The summed E-state index contributed by atoms with van der Waals surface area (Å²) in [6.07, 6.45) is 5.83. The smallest absolute Gasteiger partial charge is 0.244 e. The molecule has 11 heteroatoms. The summed E-state index contributed by atoms with van der Waals surface area (Å²) in [6, 6.07) is 8.00. The number of rotatable bonds is 4. The van der Waals surface area contributed by atoms with Crippen LogP contribution in [0.1, 0.15) is 57.4 Å². The first-order valence-corrected chi connectivity index (χ1v) is 15.0. The molecule has 4 heterocycles. The van der Waals surface area contributed by atoms with E-state index in [4.69, 9.17) is 4.74 Å². The Hall–Kier alpha value is -2.23. The van der Waals surface area contributed by atoms with E-state index in [9.17, 15) is 18.5 Å². The molecule has 0 spiro atoms. The Kier molecular flexibility index (Phi) is 6.44. The number of benzene rings is 1. The lowest BCUT2D eigenvalue weighted by Crippen LogP contribution is -2.54. The molecule has 1 amide bonds. The van der Waals surface area contributed by atoms with Gasteiger partial charge in [0.15, 0.2) is 0 Å². The number of anilines is 1. The van der Waals surface area contributed by atoms with Crippen molar-refractivity contribution >= 4 is 21.6 Å². The number of nitriles is 1. The number of hydrogen-bond acceptors (Lipinski definition) is 8. The van der Waals surface area contributed by atoms with Crippen LogP contribution in [0.2, 0.25) is 0 Å². The van der Waals surface area contributed by atoms with Crippen molar-refractivity contribution in [2.75, 3.05) is 25.1 Å². The van der Waals surface area contributed by atoms with Crippen LogP contribution in [0.4, 0.5) is 5.69 Å². The van der Waals surface area contributed by atoms with E-state index in [1.165, 1.54) is 0 Å². The highest BCUT2D eigenvalue weighted by molar-refractivity contribution is 7.89. The van der Waals surface area contributed by atoms with Crippen molar-refractivity contribution in [3.05, 3.63) is 23.8 Å². The lowest BCUT2D eigenvalue weighted by atomic mass is 9.83. The van der Waals surface area contributed by atoms with Crippen LogP contribution in [-0.2, 0) is 26.1 Å². The highest BCUT2D eigenvalue weighted by Gasteiger charge is 2.51. The standard InChI is InChI=1S/C26H36N6O4S/c1-26(9-12-36-13-10-26)31-16-18-14-19(6-7-22(18)37(31,34)35)29-24-23-21(8-11-28-25(23)33)32(30-24)20-5-3-2-4-17(20)15-27/h6-7,14,17,20-21,23-24,29-30H,2-5,8-13,16H2,1H3,(H,28,33)/t17-,20+,21?,23?,24?/m1/s1. The van der Waals surface area contributed by atoms with Gasteiger partial charge in [0, 0.05) is 49.6 Å². The summed E-state index contributed by atoms with van der Waals surface area (Å²) in [6.45, 7) is 4.11. The van der Waals surface area contributed by atoms with E-state index in [-0.39, 0.29) is 36.0 Å². The molecule has 3 N–H and O–H groups in total. The van der Waals surface area contributed by atoms with Gasteiger partial charge >= 0.3 is 0 Å². The number of nitrogens with one attached hydrogen (secondary N) is 3. The number of amides is 1. The number of ether oxygens (including phenoxy) is 1. The molecule has 5 atom stereocenters. The molecule has 3 saturated heterocycles. The molecule has 5 aliphatic rings. The largest absolute Gasteiger partial charge is 0.381 e. The number of nitrogens with zero attached hydrogens (tertiary/aromatic N) is 3. The zero-order chi connectivity index (χ0) is 25.8. The first-order chi connectivity index (χ1) is 17.8. The third kappa shape index (κ3) is 4.23. The van der Waals surface area contributed by atoms with Crippen LogP contribution in [0.5, 0.6) is 0 Å². The van der Waals surface area contributed by atoms with Gasteiger partial charge in [-0.05, 0) is 62.8 Å². The maximum absolute atomic E-state index is 13.4. The molecule has 3 unspecified atom stereocenters. The Balaban J connectivity index is 1.25. The van der Waals surface area contributed by atoms with Crippen molar-refractivity contribution in [3.63, 3.8) is 0 Å². The van der Waals surface area contributed by atoms with E-state index < -0.39 is 15.6 Å². The average Bonchev–Trinajstić information content (AvgIpc) is 3.39. The second kappa shape index (κ2) is 9.50. The summed E-state index contributed by atoms with van der Waals surface area (Å²) in [7, 11) is -3.58. The Labute approximate surface area is 218 Å². The Morgan fingerprint density at radius 3 is 2.73 bits per heavy atom. The summed E-state index contributed by atoms with van der Waals surface area (Å²) in [5.74, 6) is -0.339. The molecule has 37 heavy (non-hydrogen) atoms. The van der Waals surface area contributed by atoms with Crippen LogP contribution in [-0.4, -0.2) is 67.2 Å². The molecule has 6 rings (SSSR count). The predicted octanol–water partition coefficient (Wildman–Crippen LogP) is 1.91. The molecular weight excluding hydrogens is 492 g/mol. The molecule has 0 bridgehead atoms. The highest BCUT2D eigenvalue weighted by atomic mass is 32.2. The predicted molar refractivity (Wildman–Crippen MR) is 136 cm³/mol. The fraction of sp³-hybridized carbons (Fsp3) is 0.692. The summed E-state index contributed by atoms with van der Waals surface area (Å²) < 4.78 is 34.0. The zero-order valence-corrected chi connectivity index (χ0v) is 22.1. The summed E-state index contributed by atoms with van der Waals surface area (Å²) in [5.41, 5.74) is 4.66. The van der Waals surface area contributed by atoms with Gasteiger partial charge < -0.3 is 15.4 Å². The van der Waals surface area contributed by atoms with Crippen molar-refractivity contribution in [3.8, 4) is 6.07 Å². The molecular formula is C26H36N6O4S. The number of carbonyl (C=O) groups excluding carboxylic acids is 1. The van der Waals surface area contributed by atoms with Crippen LogP contribution >= 0.6 is 0 Å². The second-order valence-electron chi connectivity index (χ2n) is 11.4. The fourth-order valence-electron chi connectivity index (χ4n) is 7.02. The number of hydrazine groups is 1. The van der Waals surface area contributed by atoms with Gasteiger partial charge in [0.2, 0.25) is 15.9 Å². The van der Waals surface area contributed by atoms with Gasteiger partial charge in [-0.15, -0.1) is 0 Å². The summed E-state index contributed by atoms with van der Waals surface area (Å²) >= 11 is 0. The number of fused-ring (bicyclic) bond motifs is 2. The first kappa shape index (κ1) is 25.1. The normalized spacial score (nSPS) is 35.2. The maximum Gasteiger partial charge on any atom is 0.244 e. The van der Waals surface area contributed by atoms with Crippen molar-refractivity contribution in [1.82, 2.24) is 20.1 Å². The fourth-order valence-corrected chi connectivity index (χ4v) is 9.02. The van der Waals surface area contributed by atoms with Crippen LogP contribution < -0.4 is 16.1 Å². The molecule has 1 aliphatic carbocycles. The molecule has 0 radical (unpaired) electrons. The van der Waals surface area contributed by atoms with Crippen LogP contribution in [0.3, 0.4) is 0 Å². The number of hydrogen-bond donors (Lipinski definition) is 3. The third-order valence-corrected chi connectivity index (χ3v) is 11.3. The number of piperidine rings is 1. The van der Waals surface area contributed by atoms with E-state index >= 15 is 0 Å². The van der Waals surface area contributed by atoms with Gasteiger partial charge in [0.05, 0.1) is 22.8 Å². The van der Waals surface area contributed by atoms with Gasteiger partial charge in [0.1, 0.15) is 6.17 Å². The Morgan fingerprint density at radius 2 is 1.95 bits per heavy atom.